The quantitative estimate of drug-likeness (QED) is 0.160. The summed E-state index contributed by atoms with van der Waals surface area (Å²) in [6.45, 7) is 0. The van der Waals surface area contributed by atoms with Crippen LogP contribution in [0.1, 0.15) is 15.9 Å². The third-order valence-electron chi connectivity index (χ3n) is 7.44. The Kier molecular flexibility index (Phi) is 9.00. The van der Waals surface area contributed by atoms with Gasteiger partial charge in [0.1, 0.15) is 23.2 Å². The molecule has 11 nitrogen and oxygen atoms in total. The largest absolute Gasteiger partial charge is 0.480 e. The lowest BCUT2D eigenvalue weighted by molar-refractivity contribution is -0.139. The van der Waals surface area contributed by atoms with Crippen molar-refractivity contribution in [2.75, 3.05) is 4.72 Å². The van der Waals surface area contributed by atoms with Gasteiger partial charge in [0.2, 0.25) is 5.95 Å². The third-order valence-corrected chi connectivity index (χ3v) is 8.84. The Bertz CT molecular complexity index is 2310. The van der Waals surface area contributed by atoms with Crippen LogP contribution in [0.3, 0.4) is 0 Å². The highest BCUT2D eigenvalue weighted by molar-refractivity contribution is 7.92. The third kappa shape index (κ3) is 7.06. The van der Waals surface area contributed by atoms with E-state index >= 15 is 8.78 Å². The fourth-order valence-electron chi connectivity index (χ4n) is 5.15. The second-order valence-electron chi connectivity index (χ2n) is 10.6. The summed E-state index contributed by atoms with van der Waals surface area (Å²) in [5, 5.41) is 12.6. The molecule has 15 heteroatoms. The topological polar surface area (TPSA) is 164 Å². The smallest absolute Gasteiger partial charge is 0.326 e. The van der Waals surface area contributed by atoms with Crippen molar-refractivity contribution in [2.45, 2.75) is 17.4 Å². The van der Waals surface area contributed by atoms with Gasteiger partial charge in [0.05, 0.1) is 16.1 Å². The number of hydrogen-bond donors (Lipinski definition) is 3. The lowest BCUT2D eigenvalue weighted by Crippen LogP contribution is -2.43. The van der Waals surface area contributed by atoms with Crippen LogP contribution < -0.4 is 10.0 Å². The number of carbonyl (C=O) groups is 2. The summed E-state index contributed by atoms with van der Waals surface area (Å²) >= 11 is 0. The number of carbonyl (C=O) groups excluding carboxylic acids is 1. The summed E-state index contributed by atoms with van der Waals surface area (Å²) in [6.07, 6.45) is 5.66. The highest BCUT2D eigenvalue weighted by Crippen LogP contribution is 2.29. The zero-order chi connectivity index (χ0) is 34.7. The number of nitrogens with zero attached hydrogens (tertiary/aromatic N) is 4. The number of halogens is 3. The average molecular weight is 685 g/mol. The number of hydrogen-bond acceptors (Lipinski definition) is 8. The Balaban J connectivity index is 1.20. The summed E-state index contributed by atoms with van der Waals surface area (Å²) in [5.74, 6) is -6.02. The summed E-state index contributed by atoms with van der Waals surface area (Å²) in [4.78, 5) is 41.3. The summed E-state index contributed by atoms with van der Waals surface area (Å²) < 4.78 is 71.8. The number of anilines is 1. The molecule has 0 aliphatic heterocycles. The Morgan fingerprint density at radius 3 is 2.14 bits per heavy atom. The predicted molar refractivity (Wildman–Crippen MR) is 172 cm³/mol. The summed E-state index contributed by atoms with van der Waals surface area (Å²) in [5.41, 5.74) is 0.868. The predicted octanol–water partition coefficient (Wildman–Crippen LogP) is 5.40. The highest BCUT2D eigenvalue weighted by atomic mass is 32.2. The number of pyridine rings is 2. The van der Waals surface area contributed by atoms with Crippen molar-refractivity contribution in [3.63, 3.8) is 0 Å². The van der Waals surface area contributed by atoms with E-state index in [0.29, 0.717) is 51.1 Å². The molecule has 6 aromatic rings. The molecule has 1 unspecified atom stereocenters. The van der Waals surface area contributed by atoms with E-state index in [0.717, 1.165) is 0 Å². The van der Waals surface area contributed by atoms with E-state index in [1.807, 2.05) is 0 Å². The first kappa shape index (κ1) is 32.7. The first-order valence-electron chi connectivity index (χ1n) is 14.4. The van der Waals surface area contributed by atoms with Crippen LogP contribution in [0.5, 0.6) is 0 Å². The Morgan fingerprint density at radius 2 is 1.47 bits per heavy atom. The van der Waals surface area contributed by atoms with E-state index in [1.54, 1.807) is 48.9 Å². The molecule has 0 radical (unpaired) electrons. The number of fused-ring (bicyclic) bond motifs is 1. The number of sulfonamides is 1. The van der Waals surface area contributed by atoms with Gasteiger partial charge < -0.3 is 10.4 Å². The van der Waals surface area contributed by atoms with Crippen LogP contribution in [0.25, 0.3) is 33.4 Å². The maximum absolute atomic E-state index is 15.2. The van der Waals surface area contributed by atoms with Crippen molar-refractivity contribution >= 4 is 38.5 Å². The zero-order valence-electron chi connectivity index (χ0n) is 25.0. The molecule has 0 aliphatic carbocycles. The molecule has 1 amide bonds. The normalized spacial score (nSPS) is 12.0. The number of rotatable bonds is 10. The lowest BCUT2D eigenvalue weighted by Gasteiger charge is -2.17. The molecule has 3 aromatic carbocycles. The minimum absolute atomic E-state index is 0.259. The Labute approximate surface area is 276 Å². The number of benzene rings is 3. The van der Waals surface area contributed by atoms with Crippen LogP contribution >= 0.6 is 0 Å². The van der Waals surface area contributed by atoms with E-state index in [4.69, 9.17) is 0 Å². The number of carboxylic acids is 1. The molecule has 1 atom stereocenters. The molecule has 3 aromatic heterocycles. The standard InChI is InChI=1S/C34H23F3N6O5S/c35-26-17-22(43-49(47,48)23-7-4-19(5-8-23)20-10-14-38-29(37)16-20)18-27(36)30(26)33(44)42-28(34(45)46)15-21-6-9-25(32-40-12-2-13-41-32)31-24(21)3-1-11-39-31/h1-14,16-18,28,43H,15H2,(H,42,44)(H,45,46). The van der Waals surface area contributed by atoms with Gasteiger partial charge >= 0.3 is 5.97 Å². The van der Waals surface area contributed by atoms with E-state index in [-0.39, 0.29) is 11.3 Å². The van der Waals surface area contributed by atoms with Crippen molar-refractivity contribution < 1.29 is 36.3 Å². The van der Waals surface area contributed by atoms with Crippen molar-refractivity contribution in [3.05, 3.63) is 132 Å². The Hall–Kier alpha value is -6.22. The molecular weight excluding hydrogens is 661 g/mol. The molecule has 0 spiro atoms. The zero-order valence-corrected chi connectivity index (χ0v) is 25.8. The van der Waals surface area contributed by atoms with Crippen LogP contribution in [0.15, 0.2) is 109 Å². The van der Waals surface area contributed by atoms with Crippen molar-refractivity contribution in [2.24, 2.45) is 0 Å². The van der Waals surface area contributed by atoms with E-state index in [1.165, 1.54) is 42.6 Å². The maximum atomic E-state index is 15.2. The van der Waals surface area contributed by atoms with Crippen LogP contribution in [0, 0.1) is 17.6 Å². The molecule has 49 heavy (non-hydrogen) atoms. The lowest BCUT2D eigenvalue weighted by atomic mass is 9.97. The van der Waals surface area contributed by atoms with Crippen molar-refractivity contribution in [3.8, 4) is 22.5 Å². The molecule has 0 bridgehead atoms. The molecule has 3 N–H and O–H groups in total. The van der Waals surface area contributed by atoms with Gasteiger partial charge in [0.15, 0.2) is 5.82 Å². The molecule has 3 heterocycles. The Morgan fingerprint density at radius 1 is 0.776 bits per heavy atom. The van der Waals surface area contributed by atoms with E-state index in [9.17, 15) is 27.5 Å². The van der Waals surface area contributed by atoms with Gasteiger partial charge in [-0.15, -0.1) is 0 Å². The first-order chi connectivity index (χ1) is 23.5. The van der Waals surface area contributed by atoms with Crippen LogP contribution in [-0.2, 0) is 21.2 Å². The summed E-state index contributed by atoms with van der Waals surface area (Å²) in [6, 6.07) is 15.9. The van der Waals surface area contributed by atoms with E-state index < -0.39 is 56.8 Å². The van der Waals surface area contributed by atoms with Gasteiger partial charge in [-0.2, -0.15) is 4.39 Å². The molecule has 6 rings (SSSR count). The number of nitrogens with one attached hydrogen (secondary N) is 2. The molecule has 0 saturated carbocycles. The van der Waals surface area contributed by atoms with Gasteiger partial charge in [-0.1, -0.05) is 24.3 Å². The number of aromatic nitrogens is 4. The van der Waals surface area contributed by atoms with E-state index in [2.05, 4.69) is 30.0 Å². The first-order valence-corrected chi connectivity index (χ1v) is 15.9. The summed E-state index contributed by atoms with van der Waals surface area (Å²) in [7, 11) is -4.35. The second kappa shape index (κ2) is 13.5. The van der Waals surface area contributed by atoms with Crippen molar-refractivity contribution in [1.82, 2.24) is 25.3 Å². The van der Waals surface area contributed by atoms with Gasteiger partial charge in [-0.25, -0.2) is 36.9 Å². The second-order valence-corrected chi connectivity index (χ2v) is 12.3. The SMILES string of the molecule is O=C(NC(Cc1ccc(-c2ncccn2)c2ncccc12)C(=O)O)c1c(F)cc(NS(=O)(=O)c2ccc(-c3ccnc(F)c3)cc2)cc1F. The number of carboxylic acid groups (broad SMARTS) is 1. The monoisotopic (exact) mass is 684 g/mol. The minimum Gasteiger partial charge on any atom is -0.480 e. The van der Waals surface area contributed by atoms with Gasteiger partial charge in [0.25, 0.3) is 15.9 Å². The minimum atomic E-state index is -4.35. The number of aliphatic carboxylic acids is 1. The van der Waals surface area contributed by atoms with Crippen LogP contribution in [0.2, 0.25) is 0 Å². The average Bonchev–Trinajstić information content (AvgIpc) is 3.08. The van der Waals surface area contributed by atoms with Crippen LogP contribution in [0.4, 0.5) is 18.9 Å². The molecule has 0 fully saturated rings. The van der Waals surface area contributed by atoms with Gasteiger partial charge in [0, 0.05) is 48.2 Å². The molecular formula is C34H23F3N6O5S. The highest BCUT2D eigenvalue weighted by Gasteiger charge is 2.27. The fourth-order valence-corrected chi connectivity index (χ4v) is 6.19. The number of amides is 1. The fraction of sp³-hybridized carbons (Fsp3) is 0.0588. The van der Waals surface area contributed by atoms with Gasteiger partial charge in [-0.3, -0.25) is 14.5 Å². The molecule has 0 saturated heterocycles. The van der Waals surface area contributed by atoms with Crippen molar-refractivity contribution in [1.29, 1.82) is 0 Å². The maximum Gasteiger partial charge on any atom is 0.326 e. The molecule has 246 valence electrons. The molecule has 0 aliphatic rings. The van der Waals surface area contributed by atoms with Crippen LogP contribution in [-0.4, -0.2) is 51.4 Å². The van der Waals surface area contributed by atoms with Gasteiger partial charge in [-0.05, 0) is 65.2 Å².